The van der Waals surface area contributed by atoms with Gasteiger partial charge in [-0.05, 0) is 18.2 Å². The van der Waals surface area contributed by atoms with Crippen molar-refractivity contribution in [2.45, 2.75) is 4.90 Å². The molecule has 7 nitrogen and oxygen atoms in total. The van der Waals surface area contributed by atoms with Gasteiger partial charge < -0.3 is 5.73 Å². The second kappa shape index (κ2) is 4.69. The second-order valence-corrected chi connectivity index (χ2v) is 5.21. The van der Waals surface area contributed by atoms with Crippen molar-refractivity contribution in [3.8, 4) is 0 Å². The number of halogens is 1. The van der Waals surface area contributed by atoms with Crippen molar-refractivity contribution in [1.29, 1.82) is 0 Å². The Bertz CT molecular complexity index is 752. The van der Waals surface area contributed by atoms with Gasteiger partial charge in [0, 0.05) is 6.07 Å². The zero-order chi connectivity index (χ0) is 14.0. The SMILES string of the molecule is Nc1c(F)cccc1S(=O)(=O)Nc1ccc(=O)[nH]n1. The molecule has 0 aliphatic heterocycles. The number of sulfonamides is 1. The predicted octanol–water partition coefficient (Wildman–Crippen LogP) is 0.292. The lowest BCUT2D eigenvalue weighted by Gasteiger charge is -2.09. The van der Waals surface area contributed by atoms with Crippen LogP contribution in [0.1, 0.15) is 0 Å². The topological polar surface area (TPSA) is 118 Å². The molecule has 0 spiro atoms. The normalized spacial score (nSPS) is 11.2. The summed E-state index contributed by atoms with van der Waals surface area (Å²) >= 11 is 0. The third-order valence-corrected chi connectivity index (χ3v) is 3.63. The number of hydrogen-bond acceptors (Lipinski definition) is 5. The highest BCUT2D eigenvalue weighted by molar-refractivity contribution is 7.92. The monoisotopic (exact) mass is 284 g/mol. The first-order valence-electron chi connectivity index (χ1n) is 5.03. The molecule has 0 aliphatic carbocycles. The molecular formula is C10H9FN4O3S. The average Bonchev–Trinajstić information content (AvgIpc) is 2.35. The highest BCUT2D eigenvalue weighted by atomic mass is 32.2. The Kier molecular flexibility index (Phi) is 3.21. The van der Waals surface area contributed by atoms with E-state index in [0.29, 0.717) is 0 Å². The lowest BCUT2D eigenvalue weighted by Crippen LogP contribution is -2.18. The van der Waals surface area contributed by atoms with E-state index < -0.39 is 32.0 Å². The fourth-order valence-corrected chi connectivity index (χ4v) is 2.49. The summed E-state index contributed by atoms with van der Waals surface area (Å²) < 4.78 is 39.2. The van der Waals surface area contributed by atoms with Crippen molar-refractivity contribution >= 4 is 21.5 Å². The summed E-state index contributed by atoms with van der Waals surface area (Å²) in [5, 5.41) is 5.54. The molecule has 0 radical (unpaired) electrons. The number of nitrogens with one attached hydrogen (secondary N) is 2. The number of benzene rings is 1. The van der Waals surface area contributed by atoms with Crippen LogP contribution in [0.2, 0.25) is 0 Å². The molecule has 0 fully saturated rings. The molecule has 2 rings (SSSR count). The van der Waals surface area contributed by atoms with Gasteiger partial charge in [-0.25, -0.2) is 17.9 Å². The minimum Gasteiger partial charge on any atom is -0.395 e. The van der Waals surface area contributed by atoms with Crippen LogP contribution in [0.25, 0.3) is 0 Å². The fourth-order valence-electron chi connectivity index (χ4n) is 1.35. The van der Waals surface area contributed by atoms with E-state index in [0.717, 1.165) is 18.2 Å². The van der Waals surface area contributed by atoms with Crippen LogP contribution in [0.5, 0.6) is 0 Å². The molecule has 19 heavy (non-hydrogen) atoms. The van der Waals surface area contributed by atoms with Gasteiger partial charge in [0.05, 0.1) is 5.69 Å². The van der Waals surface area contributed by atoms with Gasteiger partial charge in [0.2, 0.25) is 0 Å². The maximum absolute atomic E-state index is 13.2. The molecule has 0 saturated heterocycles. The molecule has 9 heteroatoms. The second-order valence-electron chi connectivity index (χ2n) is 3.56. The third-order valence-electron chi connectivity index (χ3n) is 2.22. The van der Waals surface area contributed by atoms with E-state index in [1.165, 1.54) is 12.1 Å². The van der Waals surface area contributed by atoms with E-state index in [-0.39, 0.29) is 5.82 Å². The highest BCUT2D eigenvalue weighted by Gasteiger charge is 2.20. The van der Waals surface area contributed by atoms with E-state index in [1.54, 1.807) is 0 Å². The largest absolute Gasteiger partial charge is 0.395 e. The summed E-state index contributed by atoms with van der Waals surface area (Å²) in [5.41, 5.74) is 4.41. The summed E-state index contributed by atoms with van der Waals surface area (Å²) in [6.07, 6.45) is 0. The first-order chi connectivity index (χ1) is 8.90. The van der Waals surface area contributed by atoms with Gasteiger partial charge in [0.25, 0.3) is 15.6 Å². The van der Waals surface area contributed by atoms with E-state index in [4.69, 9.17) is 5.73 Å². The van der Waals surface area contributed by atoms with Crippen LogP contribution >= 0.6 is 0 Å². The zero-order valence-corrected chi connectivity index (χ0v) is 10.2. The molecular weight excluding hydrogens is 275 g/mol. The van der Waals surface area contributed by atoms with Crippen LogP contribution in [0.3, 0.4) is 0 Å². The minimum absolute atomic E-state index is 0.108. The quantitative estimate of drug-likeness (QED) is 0.700. The summed E-state index contributed by atoms with van der Waals surface area (Å²) in [6, 6.07) is 5.70. The summed E-state index contributed by atoms with van der Waals surface area (Å²) in [5.74, 6) is -0.944. The molecule has 4 N–H and O–H groups in total. The predicted molar refractivity (Wildman–Crippen MR) is 66.5 cm³/mol. The number of aromatic amines is 1. The Hall–Kier alpha value is -2.42. The Morgan fingerprint density at radius 3 is 2.63 bits per heavy atom. The number of nitrogens with zero attached hydrogens (tertiary/aromatic N) is 1. The Morgan fingerprint density at radius 1 is 1.26 bits per heavy atom. The van der Waals surface area contributed by atoms with Crippen LogP contribution in [0.15, 0.2) is 40.0 Å². The van der Waals surface area contributed by atoms with Crippen LogP contribution in [-0.4, -0.2) is 18.6 Å². The molecule has 1 heterocycles. The Balaban J connectivity index is 2.40. The average molecular weight is 284 g/mol. The smallest absolute Gasteiger partial charge is 0.265 e. The Morgan fingerprint density at radius 2 is 2.00 bits per heavy atom. The first-order valence-corrected chi connectivity index (χ1v) is 6.51. The number of rotatable bonds is 3. The summed E-state index contributed by atoms with van der Waals surface area (Å²) in [6.45, 7) is 0. The van der Waals surface area contributed by atoms with Crippen molar-refractivity contribution in [2.24, 2.45) is 0 Å². The number of nitrogens with two attached hydrogens (primary N) is 1. The van der Waals surface area contributed by atoms with Crippen LogP contribution in [0, 0.1) is 5.82 Å². The lowest BCUT2D eigenvalue weighted by molar-refractivity contribution is 0.597. The van der Waals surface area contributed by atoms with E-state index >= 15 is 0 Å². The lowest BCUT2D eigenvalue weighted by atomic mass is 10.3. The van der Waals surface area contributed by atoms with Gasteiger partial charge in [0.15, 0.2) is 5.82 Å². The molecule has 0 aliphatic rings. The maximum Gasteiger partial charge on any atom is 0.265 e. The molecule has 1 aromatic carbocycles. The molecule has 100 valence electrons. The van der Waals surface area contributed by atoms with Crippen molar-refractivity contribution < 1.29 is 12.8 Å². The van der Waals surface area contributed by atoms with Gasteiger partial charge in [-0.1, -0.05) is 6.07 Å². The molecule has 0 bridgehead atoms. The van der Waals surface area contributed by atoms with E-state index in [2.05, 4.69) is 14.9 Å². The van der Waals surface area contributed by atoms with Gasteiger partial charge >= 0.3 is 0 Å². The molecule has 0 unspecified atom stereocenters. The van der Waals surface area contributed by atoms with Crippen LogP contribution in [0.4, 0.5) is 15.9 Å². The minimum atomic E-state index is -4.08. The van der Waals surface area contributed by atoms with Gasteiger partial charge in [-0.2, -0.15) is 5.10 Å². The number of para-hydroxylation sites is 1. The molecule has 0 amide bonds. The number of nitrogen functional groups attached to an aromatic ring is 1. The maximum atomic E-state index is 13.2. The van der Waals surface area contributed by atoms with Crippen LogP contribution in [-0.2, 0) is 10.0 Å². The van der Waals surface area contributed by atoms with Gasteiger partial charge in [-0.15, -0.1) is 0 Å². The zero-order valence-electron chi connectivity index (χ0n) is 9.42. The third kappa shape index (κ3) is 2.71. The van der Waals surface area contributed by atoms with Crippen LogP contribution < -0.4 is 16.0 Å². The molecule has 0 saturated carbocycles. The number of anilines is 2. The van der Waals surface area contributed by atoms with Crippen molar-refractivity contribution in [3.63, 3.8) is 0 Å². The summed E-state index contributed by atoms with van der Waals surface area (Å²) in [7, 11) is -4.08. The fraction of sp³-hybridized carbons (Fsp3) is 0. The van der Waals surface area contributed by atoms with Crippen molar-refractivity contribution in [2.75, 3.05) is 10.5 Å². The standard InChI is InChI=1S/C10H9FN4O3S/c11-6-2-1-3-7(10(6)12)19(17,18)15-8-4-5-9(16)14-13-8/h1-5H,12H2,(H,13,15)(H,14,16). The van der Waals surface area contributed by atoms with Crippen molar-refractivity contribution in [1.82, 2.24) is 10.2 Å². The number of hydrogen-bond donors (Lipinski definition) is 3. The number of H-pyrrole nitrogens is 1. The Labute approximate surface area is 107 Å². The van der Waals surface area contributed by atoms with E-state index in [1.807, 2.05) is 0 Å². The molecule has 1 aromatic heterocycles. The number of aromatic nitrogens is 2. The van der Waals surface area contributed by atoms with E-state index in [9.17, 15) is 17.6 Å². The van der Waals surface area contributed by atoms with Crippen molar-refractivity contribution in [3.05, 3.63) is 46.5 Å². The first kappa shape index (κ1) is 13.0. The molecule has 2 aromatic rings. The van der Waals surface area contributed by atoms with Gasteiger partial charge in [0.1, 0.15) is 10.7 Å². The van der Waals surface area contributed by atoms with Gasteiger partial charge in [-0.3, -0.25) is 9.52 Å². The highest BCUT2D eigenvalue weighted by Crippen LogP contribution is 2.22. The molecule has 0 atom stereocenters. The summed E-state index contributed by atoms with van der Waals surface area (Å²) in [4.78, 5) is 10.4.